The maximum atomic E-state index is 12.4. The van der Waals surface area contributed by atoms with E-state index in [1.165, 1.54) is 0 Å². The average molecular weight is 367 g/mol. The Kier molecular flexibility index (Phi) is 8.83. The van der Waals surface area contributed by atoms with E-state index in [4.69, 9.17) is 11.6 Å². The van der Waals surface area contributed by atoms with E-state index in [1.54, 1.807) is 0 Å². The van der Waals surface area contributed by atoms with Gasteiger partial charge in [0.15, 0.2) is 0 Å². The van der Waals surface area contributed by atoms with Gasteiger partial charge in [-0.1, -0.05) is 67.1 Å². The molecule has 130 valence electrons. The zero-order valence-corrected chi connectivity index (χ0v) is 15.5. The molecule has 0 heterocycles. The second-order valence-corrected chi connectivity index (χ2v) is 6.13. The predicted octanol–water partition coefficient (Wildman–Crippen LogP) is 4.02. The van der Waals surface area contributed by atoms with Crippen molar-refractivity contribution >= 4 is 29.9 Å². The molecule has 1 amide bonds. The SMILES string of the molecule is CNCC(C)C(=O)NC(Cc1ccccc1Cl)c1ccccc1.Cl. The molecule has 0 fully saturated rings. The van der Waals surface area contributed by atoms with E-state index in [0.29, 0.717) is 13.0 Å². The van der Waals surface area contributed by atoms with E-state index < -0.39 is 0 Å². The molecule has 2 aromatic carbocycles. The molecule has 2 unspecified atom stereocenters. The third-order valence-corrected chi connectivity index (χ3v) is 4.23. The van der Waals surface area contributed by atoms with Gasteiger partial charge in [-0.05, 0) is 30.7 Å². The third kappa shape index (κ3) is 5.82. The summed E-state index contributed by atoms with van der Waals surface area (Å²) in [5, 5.41) is 6.92. The third-order valence-electron chi connectivity index (χ3n) is 3.86. The molecule has 0 aliphatic carbocycles. The standard InChI is InChI=1S/C19H23ClN2O.ClH/c1-14(13-21-2)19(23)22-18(15-8-4-3-5-9-15)12-16-10-6-7-11-17(16)20;/h3-11,14,18,21H,12-13H2,1-2H3,(H,22,23);1H. The maximum Gasteiger partial charge on any atom is 0.224 e. The summed E-state index contributed by atoms with van der Waals surface area (Å²) in [6.45, 7) is 2.57. The number of nitrogens with one attached hydrogen (secondary N) is 2. The summed E-state index contributed by atoms with van der Waals surface area (Å²) in [6.07, 6.45) is 0.668. The van der Waals surface area contributed by atoms with Crippen LogP contribution in [-0.4, -0.2) is 19.5 Å². The smallest absolute Gasteiger partial charge is 0.224 e. The Morgan fingerprint density at radius 1 is 1.08 bits per heavy atom. The summed E-state index contributed by atoms with van der Waals surface area (Å²) >= 11 is 6.28. The number of rotatable bonds is 7. The second-order valence-electron chi connectivity index (χ2n) is 5.73. The molecule has 0 bridgehead atoms. The van der Waals surface area contributed by atoms with E-state index in [2.05, 4.69) is 10.6 Å². The predicted molar refractivity (Wildman–Crippen MR) is 103 cm³/mol. The van der Waals surface area contributed by atoms with E-state index >= 15 is 0 Å². The second kappa shape index (κ2) is 10.3. The van der Waals surface area contributed by atoms with Crippen LogP contribution in [0.4, 0.5) is 0 Å². The summed E-state index contributed by atoms with van der Waals surface area (Å²) in [6, 6.07) is 17.7. The topological polar surface area (TPSA) is 41.1 Å². The zero-order valence-electron chi connectivity index (χ0n) is 14.0. The Morgan fingerprint density at radius 3 is 2.33 bits per heavy atom. The molecule has 2 atom stereocenters. The molecule has 0 spiro atoms. The van der Waals surface area contributed by atoms with Crippen LogP contribution in [0.5, 0.6) is 0 Å². The summed E-state index contributed by atoms with van der Waals surface area (Å²) in [4.78, 5) is 12.4. The molecule has 0 aliphatic heterocycles. The summed E-state index contributed by atoms with van der Waals surface area (Å²) in [5.41, 5.74) is 2.11. The van der Waals surface area contributed by atoms with Crippen LogP contribution in [-0.2, 0) is 11.2 Å². The summed E-state index contributed by atoms with van der Waals surface area (Å²) in [5.74, 6) is -0.0438. The summed E-state index contributed by atoms with van der Waals surface area (Å²) in [7, 11) is 1.85. The van der Waals surface area contributed by atoms with Gasteiger partial charge in [0.05, 0.1) is 6.04 Å². The fraction of sp³-hybridized carbons (Fsp3) is 0.316. The van der Waals surface area contributed by atoms with Crippen LogP contribution in [0.2, 0.25) is 5.02 Å². The first-order valence-corrected chi connectivity index (χ1v) is 8.23. The zero-order chi connectivity index (χ0) is 16.7. The number of hydrogen-bond acceptors (Lipinski definition) is 2. The Hall–Kier alpha value is -1.55. The monoisotopic (exact) mass is 366 g/mol. The van der Waals surface area contributed by atoms with Gasteiger partial charge in [0.1, 0.15) is 0 Å². The molecule has 5 heteroatoms. The number of carbonyl (C=O) groups is 1. The van der Waals surface area contributed by atoms with Crippen molar-refractivity contribution in [3.8, 4) is 0 Å². The van der Waals surface area contributed by atoms with Crippen molar-refractivity contribution < 1.29 is 4.79 Å². The first kappa shape index (κ1) is 20.5. The van der Waals surface area contributed by atoms with Crippen LogP contribution >= 0.6 is 24.0 Å². The van der Waals surface area contributed by atoms with E-state index in [0.717, 1.165) is 16.1 Å². The minimum Gasteiger partial charge on any atom is -0.349 e. The molecule has 0 saturated carbocycles. The molecule has 0 radical (unpaired) electrons. The van der Waals surface area contributed by atoms with Gasteiger partial charge in [0.2, 0.25) is 5.91 Å². The van der Waals surface area contributed by atoms with Crippen LogP contribution in [0.25, 0.3) is 0 Å². The van der Waals surface area contributed by atoms with Crippen molar-refractivity contribution in [3.63, 3.8) is 0 Å². The lowest BCUT2D eigenvalue weighted by atomic mass is 9.98. The average Bonchev–Trinajstić information content (AvgIpc) is 2.57. The van der Waals surface area contributed by atoms with Crippen LogP contribution in [0.1, 0.15) is 24.1 Å². The van der Waals surface area contributed by atoms with Gasteiger partial charge in [-0.15, -0.1) is 12.4 Å². The highest BCUT2D eigenvalue weighted by molar-refractivity contribution is 6.31. The molecule has 3 nitrogen and oxygen atoms in total. The molecule has 0 aliphatic rings. The minimum absolute atomic E-state index is 0. The Balaban J connectivity index is 0.00000288. The van der Waals surface area contributed by atoms with Gasteiger partial charge in [-0.2, -0.15) is 0 Å². The van der Waals surface area contributed by atoms with Crippen LogP contribution in [0.15, 0.2) is 54.6 Å². The van der Waals surface area contributed by atoms with Gasteiger partial charge in [0.25, 0.3) is 0 Å². The molecular formula is C19H24Cl2N2O. The first-order valence-electron chi connectivity index (χ1n) is 7.85. The van der Waals surface area contributed by atoms with Crippen LogP contribution in [0.3, 0.4) is 0 Å². The Labute approximate surface area is 155 Å². The van der Waals surface area contributed by atoms with Gasteiger partial charge >= 0.3 is 0 Å². The first-order chi connectivity index (χ1) is 11.1. The number of amides is 1. The summed E-state index contributed by atoms with van der Waals surface area (Å²) < 4.78 is 0. The van der Waals surface area contributed by atoms with Crippen LogP contribution in [0, 0.1) is 5.92 Å². The van der Waals surface area contributed by atoms with Gasteiger partial charge in [-0.25, -0.2) is 0 Å². The normalized spacial score (nSPS) is 12.8. The van der Waals surface area contributed by atoms with E-state index in [9.17, 15) is 4.79 Å². The largest absolute Gasteiger partial charge is 0.349 e. The Morgan fingerprint density at radius 2 is 1.71 bits per heavy atom. The minimum atomic E-state index is -0.0945. The van der Waals surface area contributed by atoms with Crippen LogP contribution < -0.4 is 10.6 Å². The highest BCUT2D eigenvalue weighted by atomic mass is 35.5. The van der Waals surface area contributed by atoms with Crippen molar-refractivity contribution in [2.24, 2.45) is 5.92 Å². The molecule has 0 saturated heterocycles. The molecular weight excluding hydrogens is 343 g/mol. The van der Waals surface area contributed by atoms with Gasteiger partial charge in [0, 0.05) is 17.5 Å². The molecule has 24 heavy (non-hydrogen) atoms. The lowest BCUT2D eigenvalue weighted by Crippen LogP contribution is -2.37. The van der Waals surface area contributed by atoms with E-state index in [-0.39, 0.29) is 30.3 Å². The number of hydrogen-bond donors (Lipinski definition) is 2. The molecule has 2 N–H and O–H groups in total. The Bertz CT molecular complexity index is 634. The highest BCUT2D eigenvalue weighted by Gasteiger charge is 2.19. The van der Waals surface area contributed by atoms with E-state index in [1.807, 2.05) is 68.6 Å². The van der Waals surface area contributed by atoms with Crippen molar-refractivity contribution in [2.75, 3.05) is 13.6 Å². The fourth-order valence-electron chi connectivity index (χ4n) is 2.53. The van der Waals surface area contributed by atoms with Gasteiger partial charge < -0.3 is 10.6 Å². The van der Waals surface area contributed by atoms with Crippen molar-refractivity contribution in [1.82, 2.24) is 10.6 Å². The lowest BCUT2D eigenvalue weighted by Gasteiger charge is -2.22. The number of halogens is 2. The number of carbonyl (C=O) groups excluding carboxylic acids is 1. The quantitative estimate of drug-likeness (QED) is 0.776. The fourth-order valence-corrected chi connectivity index (χ4v) is 2.75. The van der Waals surface area contributed by atoms with Crippen molar-refractivity contribution in [3.05, 3.63) is 70.7 Å². The van der Waals surface area contributed by atoms with Crippen molar-refractivity contribution in [2.45, 2.75) is 19.4 Å². The van der Waals surface area contributed by atoms with Crippen molar-refractivity contribution in [1.29, 1.82) is 0 Å². The molecule has 0 aromatic heterocycles. The highest BCUT2D eigenvalue weighted by Crippen LogP contribution is 2.23. The lowest BCUT2D eigenvalue weighted by molar-refractivity contribution is -0.125. The molecule has 2 aromatic rings. The number of benzene rings is 2. The molecule has 2 rings (SSSR count). The van der Waals surface area contributed by atoms with Gasteiger partial charge in [-0.3, -0.25) is 4.79 Å². The maximum absolute atomic E-state index is 12.4.